The molecule has 0 aliphatic heterocycles. The Balaban J connectivity index is 2.98. The highest BCUT2D eigenvalue weighted by molar-refractivity contribution is 5.69. The van der Waals surface area contributed by atoms with Crippen molar-refractivity contribution in [1.82, 2.24) is 0 Å². The predicted octanol–water partition coefficient (Wildman–Crippen LogP) is 2.68. The van der Waals surface area contributed by atoms with E-state index in [0.717, 1.165) is 0 Å². The van der Waals surface area contributed by atoms with Gasteiger partial charge in [-0.15, -0.1) is 0 Å². The van der Waals surface area contributed by atoms with Crippen molar-refractivity contribution in [3.63, 3.8) is 0 Å². The Labute approximate surface area is 110 Å². The number of carbonyl (C=O) groups is 2. The van der Waals surface area contributed by atoms with Crippen molar-refractivity contribution in [2.24, 2.45) is 0 Å². The first kappa shape index (κ1) is 14.9. The molecule has 0 aliphatic carbocycles. The normalized spacial score (nSPS) is 11.3. The molecule has 0 heterocycles. The number of esters is 2. The van der Waals surface area contributed by atoms with Crippen LogP contribution in [0.4, 0.5) is 4.39 Å². The fourth-order valence-corrected chi connectivity index (χ4v) is 1.42. The van der Waals surface area contributed by atoms with Crippen LogP contribution in [-0.4, -0.2) is 18.2 Å². The molecule has 19 heavy (non-hydrogen) atoms. The van der Waals surface area contributed by atoms with E-state index in [4.69, 9.17) is 9.47 Å². The van der Waals surface area contributed by atoms with Crippen molar-refractivity contribution in [3.05, 3.63) is 41.2 Å². The minimum Gasteiger partial charge on any atom is -0.421 e. The van der Waals surface area contributed by atoms with Gasteiger partial charge >= 0.3 is 11.9 Å². The molecule has 0 unspecified atom stereocenters. The lowest BCUT2D eigenvalue weighted by molar-refractivity contribution is -0.177. The van der Waals surface area contributed by atoms with Crippen molar-refractivity contribution in [3.8, 4) is 0 Å². The second kappa shape index (κ2) is 6.68. The minimum absolute atomic E-state index is 0.323. The number of benzene rings is 1. The first-order valence-corrected chi connectivity index (χ1v) is 5.67. The quantitative estimate of drug-likeness (QED) is 0.621. The second-order valence-electron chi connectivity index (χ2n) is 3.96. The molecule has 0 fully saturated rings. The molecule has 0 N–H and O–H groups in total. The van der Waals surface area contributed by atoms with Crippen LogP contribution in [0.5, 0.6) is 0 Å². The Morgan fingerprint density at radius 2 is 1.63 bits per heavy atom. The average molecular weight is 266 g/mol. The number of rotatable bonds is 4. The third-order valence-corrected chi connectivity index (χ3v) is 2.21. The molecule has 0 saturated heterocycles. The molecule has 0 saturated carbocycles. The van der Waals surface area contributed by atoms with E-state index in [1.54, 1.807) is 25.1 Å². The Morgan fingerprint density at radius 3 is 2.11 bits per heavy atom. The van der Waals surface area contributed by atoms with Gasteiger partial charge in [0.15, 0.2) is 0 Å². The van der Waals surface area contributed by atoms with E-state index in [-0.39, 0.29) is 0 Å². The fourth-order valence-electron chi connectivity index (χ4n) is 1.42. The Morgan fingerprint density at radius 1 is 1.11 bits per heavy atom. The highest BCUT2D eigenvalue weighted by atomic mass is 19.1. The number of ether oxygens (including phenoxy) is 2. The SMILES string of the molecule is CC(=O)OC(OC(C)=O)/C(C)=C/c1ccccc1F. The van der Waals surface area contributed by atoms with Crippen molar-refractivity contribution in [2.75, 3.05) is 0 Å². The van der Waals surface area contributed by atoms with Gasteiger partial charge in [-0.1, -0.05) is 18.2 Å². The summed E-state index contributed by atoms with van der Waals surface area (Å²) in [5.74, 6) is -1.59. The van der Waals surface area contributed by atoms with Crippen LogP contribution >= 0.6 is 0 Å². The number of hydrogen-bond acceptors (Lipinski definition) is 4. The van der Waals surface area contributed by atoms with Crippen LogP contribution < -0.4 is 0 Å². The fraction of sp³-hybridized carbons (Fsp3) is 0.286. The van der Waals surface area contributed by atoms with Crippen molar-refractivity contribution in [1.29, 1.82) is 0 Å². The summed E-state index contributed by atoms with van der Waals surface area (Å²) in [6, 6.07) is 6.12. The van der Waals surface area contributed by atoms with Gasteiger partial charge in [-0.25, -0.2) is 4.39 Å². The smallest absolute Gasteiger partial charge is 0.305 e. The third-order valence-electron chi connectivity index (χ3n) is 2.21. The standard InChI is InChI=1S/C14H15FO4/c1-9(8-12-6-4-5-7-13(12)15)14(18-10(2)16)19-11(3)17/h4-8,14H,1-3H3/b9-8+. The zero-order valence-corrected chi connectivity index (χ0v) is 11.0. The number of hydrogen-bond donors (Lipinski definition) is 0. The molecule has 0 atom stereocenters. The molecule has 0 amide bonds. The Hall–Kier alpha value is -2.17. The molecule has 5 heteroatoms. The zero-order valence-electron chi connectivity index (χ0n) is 11.0. The first-order valence-electron chi connectivity index (χ1n) is 5.67. The zero-order chi connectivity index (χ0) is 14.4. The molecule has 0 aromatic heterocycles. The molecule has 0 aliphatic rings. The van der Waals surface area contributed by atoms with Crippen LogP contribution in [-0.2, 0) is 19.1 Å². The van der Waals surface area contributed by atoms with E-state index >= 15 is 0 Å². The molecular formula is C14H15FO4. The Bertz CT molecular complexity index is 492. The van der Waals surface area contributed by atoms with E-state index in [1.165, 1.54) is 26.0 Å². The molecule has 4 nitrogen and oxygen atoms in total. The second-order valence-corrected chi connectivity index (χ2v) is 3.96. The van der Waals surface area contributed by atoms with Crippen LogP contribution in [0.1, 0.15) is 26.3 Å². The summed E-state index contributed by atoms with van der Waals surface area (Å²) in [6.07, 6.45) is 0.320. The van der Waals surface area contributed by atoms with Crippen molar-refractivity contribution < 1.29 is 23.5 Å². The van der Waals surface area contributed by atoms with E-state index in [0.29, 0.717) is 11.1 Å². The lowest BCUT2D eigenvalue weighted by Gasteiger charge is -2.17. The molecule has 0 spiro atoms. The summed E-state index contributed by atoms with van der Waals surface area (Å²) in [5, 5.41) is 0. The number of halogens is 1. The number of carbonyl (C=O) groups excluding carboxylic acids is 2. The van der Waals surface area contributed by atoms with Gasteiger partial charge in [-0.2, -0.15) is 0 Å². The van der Waals surface area contributed by atoms with E-state index < -0.39 is 24.0 Å². The van der Waals surface area contributed by atoms with E-state index in [2.05, 4.69) is 0 Å². The van der Waals surface area contributed by atoms with Gasteiger partial charge in [0.2, 0.25) is 0 Å². The van der Waals surface area contributed by atoms with Crippen LogP contribution in [0, 0.1) is 5.82 Å². The van der Waals surface area contributed by atoms with Crippen LogP contribution in [0.2, 0.25) is 0 Å². The summed E-state index contributed by atoms with van der Waals surface area (Å²) in [5.41, 5.74) is 0.736. The van der Waals surface area contributed by atoms with Gasteiger partial charge in [0, 0.05) is 25.0 Å². The van der Waals surface area contributed by atoms with Crippen LogP contribution in [0.3, 0.4) is 0 Å². The largest absolute Gasteiger partial charge is 0.421 e. The minimum atomic E-state index is -1.14. The maximum atomic E-state index is 13.5. The van der Waals surface area contributed by atoms with Crippen LogP contribution in [0.25, 0.3) is 6.08 Å². The molecule has 1 rings (SSSR count). The highest BCUT2D eigenvalue weighted by Crippen LogP contribution is 2.16. The summed E-state index contributed by atoms with van der Waals surface area (Å²) < 4.78 is 23.2. The third kappa shape index (κ3) is 4.91. The molecule has 0 bridgehead atoms. The molecule has 102 valence electrons. The van der Waals surface area contributed by atoms with Gasteiger partial charge in [0.25, 0.3) is 6.29 Å². The highest BCUT2D eigenvalue weighted by Gasteiger charge is 2.17. The maximum Gasteiger partial charge on any atom is 0.305 e. The predicted molar refractivity (Wildman–Crippen MR) is 67.4 cm³/mol. The van der Waals surface area contributed by atoms with Gasteiger partial charge in [-0.3, -0.25) is 9.59 Å². The van der Waals surface area contributed by atoms with Crippen molar-refractivity contribution in [2.45, 2.75) is 27.1 Å². The van der Waals surface area contributed by atoms with Gasteiger partial charge in [0.05, 0.1) is 0 Å². The Kier molecular flexibility index (Phi) is 5.23. The molecular weight excluding hydrogens is 251 g/mol. The summed E-state index contributed by atoms with van der Waals surface area (Å²) >= 11 is 0. The van der Waals surface area contributed by atoms with Crippen LogP contribution in [0.15, 0.2) is 29.8 Å². The maximum absolute atomic E-state index is 13.5. The summed E-state index contributed by atoms with van der Waals surface area (Å²) in [7, 11) is 0. The van der Waals surface area contributed by atoms with E-state index in [1.807, 2.05) is 0 Å². The summed E-state index contributed by atoms with van der Waals surface area (Å²) in [4.78, 5) is 21.9. The van der Waals surface area contributed by atoms with Crippen molar-refractivity contribution >= 4 is 18.0 Å². The molecule has 1 aromatic rings. The van der Waals surface area contributed by atoms with E-state index in [9.17, 15) is 14.0 Å². The lowest BCUT2D eigenvalue weighted by atomic mass is 10.1. The van der Waals surface area contributed by atoms with Gasteiger partial charge in [0.1, 0.15) is 5.82 Å². The summed E-state index contributed by atoms with van der Waals surface area (Å²) in [6.45, 7) is 3.99. The molecule has 0 radical (unpaired) electrons. The average Bonchev–Trinajstić information content (AvgIpc) is 2.30. The topological polar surface area (TPSA) is 52.6 Å². The lowest BCUT2D eigenvalue weighted by Crippen LogP contribution is -2.23. The van der Waals surface area contributed by atoms with Gasteiger partial charge in [-0.05, 0) is 19.1 Å². The molecule has 1 aromatic carbocycles. The first-order chi connectivity index (χ1) is 8.90. The van der Waals surface area contributed by atoms with Gasteiger partial charge < -0.3 is 9.47 Å². The monoisotopic (exact) mass is 266 g/mol.